The lowest BCUT2D eigenvalue weighted by molar-refractivity contribution is 0.112. The van der Waals surface area contributed by atoms with E-state index in [2.05, 4.69) is 61.2 Å². The third-order valence-corrected chi connectivity index (χ3v) is 5.94. The topological polar surface area (TPSA) is 9.23 Å². The van der Waals surface area contributed by atoms with Crippen molar-refractivity contribution in [2.75, 3.05) is 0 Å². The highest BCUT2D eigenvalue weighted by atomic mass is 28.4. The van der Waals surface area contributed by atoms with E-state index in [1.165, 1.54) is 25.7 Å². The maximum atomic E-state index is 6.67. The molecule has 22 heavy (non-hydrogen) atoms. The molecule has 0 bridgehead atoms. The molecule has 0 amide bonds. The molecule has 0 saturated heterocycles. The summed E-state index contributed by atoms with van der Waals surface area (Å²) in [5, 5.41) is 0. The second-order valence-electron chi connectivity index (χ2n) is 9.98. The molecule has 0 N–H and O–H groups in total. The quantitative estimate of drug-likeness (QED) is 0.457. The molecule has 1 aliphatic carbocycles. The van der Waals surface area contributed by atoms with Crippen LogP contribution in [-0.2, 0) is 4.43 Å². The molecular formula is C20H42OSi. The fourth-order valence-electron chi connectivity index (χ4n) is 4.52. The Kier molecular flexibility index (Phi) is 7.65. The van der Waals surface area contributed by atoms with Crippen LogP contribution in [0.4, 0.5) is 0 Å². The van der Waals surface area contributed by atoms with Crippen molar-refractivity contribution in [2.24, 2.45) is 35.5 Å². The summed E-state index contributed by atoms with van der Waals surface area (Å²) in [5.74, 6) is 4.95. The summed E-state index contributed by atoms with van der Waals surface area (Å²) in [4.78, 5) is 0. The highest BCUT2D eigenvalue weighted by Gasteiger charge is 2.44. The molecule has 4 unspecified atom stereocenters. The predicted octanol–water partition coefficient (Wildman–Crippen LogP) is 6.60. The number of hydrogen-bond donors (Lipinski definition) is 0. The number of rotatable bonds is 8. The van der Waals surface area contributed by atoms with Gasteiger partial charge in [-0.3, -0.25) is 0 Å². The van der Waals surface area contributed by atoms with Crippen molar-refractivity contribution >= 4 is 8.32 Å². The van der Waals surface area contributed by atoms with E-state index in [1.807, 2.05) is 0 Å². The zero-order chi connectivity index (χ0) is 17.1. The summed E-state index contributed by atoms with van der Waals surface area (Å²) in [5.41, 5.74) is 0. The standard InChI is InChI=1S/C20H42OSi/c1-14(2)10-17-13-20(21-22(7,8)9)19(12-16(5)6)18(17)11-15(3)4/h14-20H,10-13H2,1-9H3. The van der Waals surface area contributed by atoms with Gasteiger partial charge >= 0.3 is 0 Å². The molecule has 0 aliphatic heterocycles. The maximum Gasteiger partial charge on any atom is 0.184 e. The summed E-state index contributed by atoms with van der Waals surface area (Å²) in [6.07, 6.45) is 5.97. The first kappa shape index (κ1) is 20.2. The summed E-state index contributed by atoms with van der Waals surface area (Å²) in [6, 6.07) is 0. The van der Waals surface area contributed by atoms with Crippen molar-refractivity contribution in [3.05, 3.63) is 0 Å². The second-order valence-corrected chi connectivity index (χ2v) is 14.4. The zero-order valence-electron chi connectivity index (χ0n) is 16.8. The van der Waals surface area contributed by atoms with Crippen LogP contribution in [0, 0.1) is 35.5 Å². The molecule has 132 valence electrons. The highest BCUT2D eigenvalue weighted by Crippen LogP contribution is 2.48. The van der Waals surface area contributed by atoms with E-state index in [1.54, 1.807) is 0 Å². The molecule has 1 nitrogen and oxygen atoms in total. The van der Waals surface area contributed by atoms with E-state index < -0.39 is 8.32 Å². The summed E-state index contributed by atoms with van der Waals surface area (Å²) >= 11 is 0. The van der Waals surface area contributed by atoms with Crippen LogP contribution >= 0.6 is 0 Å². The van der Waals surface area contributed by atoms with Crippen LogP contribution in [0.25, 0.3) is 0 Å². The number of hydrogen-bond acceptors (Lipinski definition) is 1. The van der Waals surface area contributed by atoms with Crippen LogP contribution in [0.3, 0.4) is 0 Å². The summed E-state index contributed by atoms with van der Waals surface area (Å²) < 4.78 is 6.67. The van der Waals surface area contributed by atoms with Gasteiger partial charge in [0.1, 0.15) is 0 Å². The molecule has 0 aromatic rings. The van der Waals surface area contributed by atoms with E-state index in [0.717, 1.165) is 35.5 Å². The lowest BCUT2D eigenvalue weighted by atomic mass is 9.77. The molecule has 0 radical (unpaired) electrons. The minimum atomic E-state index is -1.45. The van der Waals surface area contributed by atoms with Crippen molar-refractivity contribution in [1.82, 2.24) is 0 Å². The van der Waals surface area contributed by atoms with Crippen molar-refractivity contribution in [2.45, 2.75) is 93.0 Å². The lowest BCUT2D eigenvalue weighted by Gasteiger charge is -2.32. The molecule has 0 spiro atoms. The Balaban J connectivity index is 2.95. The summed E-state index contributed by atoms with van der Waals surface area (Å²) in [7, 11) is -1.45. The van der Waals surface area contributed by atoms with Crippen LogP contribution in [-0.4, -0.2) is 14.4 Å². The van der Waals surface area contributed by atoms with E-state index in [4.69, 9.17) is 4.43 Å². The lowest BCUT2D eigenvalue weighted by Crippen LogP contribution is -2.35. The van der Waals surface area contributed by atoms with Crippen LogP contribution in [0.5, 0.6) is 0 Å². The molecule has 4 atom stereocenters. The predicted molar refractivity (Wildman–Crippen MR) is 102 cm³/mol. The van der Waals surface area contributed by atoms with Crippen molar-refractivity contribution in [1.29, 1.82) is 0 Å². The van der Waals surface area contributed by atoms with Crippen LogP contribution in [0.1, 0.15) is 67.2 Å². The van der Waals surface area contributed by atoms with Gasteiger partial charge < -0.3 is 4.43 Å². The Morgan fingerprint density at radius 3 is 1.64 bits per heavy atom. The second kappa shape index (κ2) is 8.33. The van der Waals surface area contributed by atoms with Gasteiger partial charge in [-0.1, -0.05) is 41.5 Å². The van der Waals surface area contributed by atoms with Gasteiger partial charge in [0, 0.05) is 6.10 Å². The molecular weight excluding hydrogens is 284 g/mol. The fourth-order valence-corrected chi connectivity index (χ4v) is 5.70. The minimum absolute atomic E-state index is 0.529. The Morgan fingerprint density at radius 1 is 0.773 bits per heavy atom. The average Bonchev–Trinajstić information content (AvgIpc) is 2.53. The normalized spacial score (nSPS) is 30.0. The van der Waals surface area contributed by atoms with Crippen LogP contribution < -0.4 is 0 Å². The van der Waals surface area contributed by atoms with Gasteiger partial charge in [-0.05, 0) is 80.8 Å². The molecule has 1 rings (SSSR count). The molecule has 0 aromatic carbocycles. The molecule has 0 heterocycles. The Morgan fingerprint density at radius 2 is 1.23 bits per heavy atom. The molecule has 2 heteroatoms. The van der Waals surface area contributed by atoms with Gasteiger partial charge in [0.25, 0.3) is 0 Å². The Labute approximate surface area is 141 Å². The zero-order valence-corrected chi connectivity index (χ0v) is 17.8. The smallest absolute Gasteiger partial charge is 0.184 e. The Hall–Kier alpha value is 0.177. The van der Waals surface area contributed by atoms with Gasteiger partial charge in [-0.2, -0.15) is 0 Å². The van der Waals surface area contributed by atoms with E-state index in [9.17, 15) is 0 Å². The Bertz CT molecular complexity index is 316. The van der Waals surface area contributed by atoms with Gasteiger partial charge in [0.2, 0.25) is 0 Å². The SMILES string of the molecule is CC(C)CC1CC(O[Si](C)(C)C)C(CC(C)C)C1CC(C)C. The maximum absolute atomic E-state index is 6.67. The molecule has 0 aromatic heterocycles. The van der Waals surface area contributed by atoms with Crippen molar-refractivity contribution in [3.8, 4) is 0 Å². The van der Waals surface area contributed by atoms with Crippen molar-refractivity contribution < 1.29 is 4.43 Å². The van der Waals surface area contributed by atoms with E-state index >= 15 is 0 Å². The summed E-state index contributed by atoms with van der Waals surface area (Å²) in [6.45, 7) is 21.4. The monoisotopic (exact) mass is 326 g/mol. The molecule has 1 fully saturated rings. The first-order valence-electron chi connectivity index (χ1n) is 9.67. The van der Waals surface area contributed by atoms with E-state index in [-0.39, 0.29) is 0 Å². The van der Waals surface area contributed by atoms with Gasteiger partial charge in [-0.25, -0.2) is 0 Å². The third kappa shape index (κ3) is 6.74. The van der Waals surface area contributed by atoms with Crippen LogP contribution in [0.2, 0.25) is 19.6 Å². The minimum Gasteiger partial charge on any atom is -0.414 e. The third-order valence-electron chi connectivity index (χ3n) is 4.93. The molecule has 1 aliphatic rings. The van der Waals surface area contributed by atoms with Gasteiger partial charge in [-0.15, -0.1) is 0 Å². The van der Waals surface area contributed by atoms with Crippen LogP contribution in [0.15, 0.2) is 0 Å². The largest absolute Gasteiger partial charge is 0.414 e. The van der Waals surface area contributed by atoms with Gasteiger partial charge in [0.15, 0.2) is 8.32 Å². The first-order chi connectivity index (χ1) is 9.99. The highest BCUT2D eigenvalue weighted by molar-refractivity contribution is 6.69. The van der Waals surface area contributed by atoms with Crippen molar-refractivity contribution in [3.63, 3.8) is 0 Å². The molecule has 1 saturated carbocycles. The first-order valence-corrected chi connectivity index (χ1v) is 13.1. The average molecular weight is 327 g/mol. The fraction of sp³-hybridized carbons (Fsp3) is 1.00. The van der Waals surface area contributed by atoms with Gasteiger partial charge in [0.05, 0.1) is 0 Å². The van der Waals surface area contributed by atoms with E-state index in [0.29, 0.717) is 6.10 Å².